The second-order valence-electron chi connectivity index (χ2n) is 2.22. The fraction of sp³-hybridized carbons (Fsp3) is 0.143. The number of hydrogen-bond acceptors (Lipinski definition) is 1. The minimum Gasteiger partial charge on any atom is -0.0838 e. The van der Waals surface area contributed by atoms with Gasteiger partial charge in [0.15, 0.2) is 0 Å². The van der Waals surface area contributed by atoms with E-state index in [1.165, 1.54) is 0 Å². The van der Waals surface area contributed by atoms with Crippen LogP contribution < -0.4 is 0 Å². The Balaban J connectivity index is 3.42. The summed E-state index contributed by atoms with van der Waals surface area (Å²) >= 11 is 11.6. The van der Waals surface area contributed by atoms with Gasteiger partial charge in [-0.3, -0.25) is 0 Å². The maximum atomic E-state index is 8.20. The number of halogens is 2. The second kappa shape index (κ2) is 3.68. The first kappa shape index (κ1) is 9.20. The van der Waals surface area contributed by atoms with Crippen molar-refractivity contribution in [3.63, 3.8) is 0 Å². The molecule has 3 nitrogen and oxygen atoms in total. The van der Waals surface area contributed by atoms with Crippen molar-refractivity contribution in [1.82, 2.24) is 0 Å². The average molecular weight is 202 g/mol. The number of benzene rings is 1. The third-order valence-corrected chi connectivity index (χ3v) is 2.19. The summed E-state index contributed by atoms with van der Waals surface area (Å²) in [5.74, 6) is 0. The fourth-order valence-corrected chi connectivity index (χ4v) is 1.22. The minimum atomic E-state index is 0.292. The Kier molecular flexibility index (Phi) is 2.82. The number of hydrogen-bond donors (Lipinski definition) is 0. The molecule has 0 saturated carbocycles. The molecule has 1 rings (SSSR count). The Morgan fingerprint density at radius 2 is 2.08 bits per heavy atom. The smallest absolute Gasteiger partial charge is 0.0750 e. The highest BCUT2D eigenvalue weighted by molar-refractivity contribution is 6.39. The zero-order valence-corrected chi connectivity index (χ0v) is 7.76. The van der Waals surface area contributed by atoms with Gasteiger partial charge in [0.05, 0.1) is 15.7 Å². The summed E-state index contributed by atoms with van der Waals surface area (Å²) in [7, 11) is 0. The zero-order chi connectivity index (χ0) is 9.14. The lowest BCUT2D eigenvalue weighted by molar-refractivity contribution is 1.41. The van der Waals surface area contributed by atoms with Crippen molar-refractivity contribution in [1.29, 1.82) is 0 Å². The lowest BCUT2D eigenvalue weighted by Crippen LogP contribution is -1.75. The van der Waals surface area contributed by atoms with Crippen molar-refractivity contribution in [3.8, 4) is 0 Å². The van der Waals surface area contributed by atoms with E-state index in [0.29, 0.717) is 15.7 Å². The van der Waals surface area contributed by atoms with Crippen molar-refractivity contribution >= 4 is 28.9 Å². The average Bonchev–Trinajstić information content (AvgIpc) is 2.06. The van der Waals surface area contributed by atoms with E-state index in [1.54, 1.807) is 12.1 Å². The topological polar surface area (TPSA) is 48.8 Å². The van der Waals surface area contributed by atoms with Crippen molar-refractivity contribution in [2.24, 2.45) is 5.11 Å². The van der Waals surface area contributed by atoms with Crippen LogP contribution in [0, 0.1) is 6.92 Å². The van der Waals surface area contributed by atoms with E-state index >= 15 is 0 Å². The third kappa shape index (κ3) is 1.64. The molecule has 5 heteroatoms. The van der Waals surface area contributed by atoms with Crippen molar-refractivity contribution in [2.75, 3.05) is 0 Å². The highest BCUT2D eigenvalue weighted by Gasteiger charge is 2.05. The maximum Gasteiger partial charge on any atom is 0.0750 e. The van der Waals surface area contributed by atoms with Gasteiger partial charge in [-0.05, 0) is 24.1 Å². The molecule has 0 aliphatic rings. The second-order valence-corrected chi connectivity index (χ2v) is 3.00. The first-order valence-electron chi connectivity index (χ1n) is 3.16. The molecule has 0 saturated heterocycles. The molecule has 0 aliphatic carbocycles. The monoisotopic (exact) mass is 201 g/mol. The van der Waals surface area contributed by atoms with Gasteiger partial charge in [-0.1, -0.05) is 34.4 Å². The highest BCUT2D eigenvalue weighted by Crippen LogP contribution is 2.35. The molecule has 0 heterocycles. The first-order valence-corrected chi connectivity index (χ1v) is 3.92. The van der Waals surface area contributed by atoms with Crippen LogP contribution in [-0.4, -0.2) is 0 Å². The van der Waals surface area contributed by atoms with E-state index in [0.717, 1.165) is 5.56 Å². The van der Waals surface area contributed by atoms with Gasteiger partial charge in [-0.2, -0.15) is 0 Å². The summed E-state index contributed by atoms with van der Waals surface area (Å²) in [6.07, 6.45) is 0. The van der Waals surface area contributed by atoms with Crippen LogP contribution >= 0.6 is 23.2 Å². The summed E-state index contributed by atoms with van der Waals surface area (Å²) < 4.78 is 0. The molecule has 0 aliphatic heterocycles. The van der Waals surface area contributed by atoms with Crippen LogP contribution in [0.25, 0.3) is 10.4 Å². The van der Waals surface area contributed by atoms with Gasteiger partial charge < -0.3 is 0 Å². The standard InChI is InChI=1S/C7H5Cl2N3/c1-4-2-3-5(8)7(6(4)9)11-12-10/h2-3H,1H3. The molecule has 12 heavy (non-hydrogen) atoms. The van der Waals surface area contributed by atoms with E-state index in [-0.39, 0.29) is 0 Å². The molecule has 0 bridgehead atoms. The predicted molar refractivity (Wildman–Crippen MR) is 50.0 cm³/mol. The summed E-state index contributed by atoms with van der Waals surface area (Å²) in [4.78, 5) is 2.62. The molecule has 0 fully saturated rings. The summed E-state index contributed by atoms with van der Waals surface area (Å²) in [5, 5.41) is 4.15. The van der Waals surface area contributed by atoms with Gasteiger partial charge in [0.25, 0.3) is 0 Å². The molecule has 0 radical (unpaired) electrons. The highest BCUT2D eigenvalue weighted by atomic mass is 35.5. The van der Waals surface area contributed by atoms with Crippen LogP contribution in [0.3, 0.4) is 0 Å². The van der Waals surface area contributed by atoms with E-state index < -0.39 is 0 Å². The lowest BCUT2D eigenvalue weighted by Gasteiger charge is -2.02. The van der Waals surface area contributed by atoms with Crippen molar-refractivity contribution in [2.45, 2.75) is 6.92 Å². The predicted octanol–water partition coefficient (Wildman–Crippen LogP) is 4.24. The minimum absolute atomic E-state index is 0.292. The van der Waals surface area contributed by atoms with E-state index in [2.05, 4.69) is 10.0 Å². The van der Waals surface area contributed by atoms with Crippen molar-refractivity contribution < 1.29 is 0 Å². The van der Waals surface area contributed by atoms with Gasteiger partial charge in [0.2, 0.25) is 0 Å². The van der Waals surface area contributed by atoms with Gasteiger partial charge in [-0.25, -0.2) is 0 Å². The number of nitrogens with zero attached hydrogens (tertiary/aromatic N) is 3. The molecule has 0 aromatic heterocycles. The Hall–Kier alpha value is -0.890. The molecule has 1 aromatic rings. The van der Waals surface area contributed by atoms with Crippen LogP contribution in [0.15, 0.2) is 17.2 Å². The van der Waals surface area contributed by atoms with E-state index in [1.807, 2.05) is 6.92 Å². The zero-order valence-electron chi connectivity index (χ0n) is 6.25. The quantitative estimate of drug-likeness (QED) is 0.371. The molecule has 0 N–H and O–H groups in total. The summed E-state index contributed by atoms with van der Waals surface area (Å²) in [6.45, 7) is 1.81. The van der Waals surface area contributed by atoms with Gasteiger partial charge in [0.1, 0.15) is 0 Å². The number of rotatable bonds is 1. The normalized spacial score (nSPS) is 9.25. The largest absolute Gasteiger partial charge is 0.0838 e. The SMILES string of the molecule is Cc1ccc(Cl)c(N=[N+]=[N-])c1Cl. The van der Waals surface area contributed by atoms with E-state index in [9.17, 15) is 0 Å². The molecular weight excluding hydrogens is 197 g/mol. The fourth-order valence-electron chi connectivity index (χ4n) is 0.778. The molecule has 0 spiro atoms. The van der Waals surface area contributed by atoms with Gasteiger partial charge in [0, 0.05) is 4.91 Å². The van der Waals surface area contributed by atoms with Crippen LogP contribution in [0.4, 0.5) is 5.69 Å². The summed E-state index contributed by atoms with van der Waals surface area (Å²) in [5.41, 5.74) is 9.33. The van der Waals surface area contributed by atoms with E-state index in [4.69, 9.17) is 28.7 Å². The van der Waals surface area contributed by atoms with Crippen LogP contribution in [0.2, 0.25) is 10.0 Å². The first-order chi connectivity index (χ1) is 5.66. The molecule has 0 unspecified atom stereocenters. The maximum absolute atomic E-state index is 8.20. The Morgan fingerprint density at radius 1 is 1.42 bits per heavy atom. The lowest BCUT2D eigenvalue weighted by atomic mass is 10.2. The van der Waals surface area contributed by atoms with Gasteiger partial charge >= 0.3 is 0 Å². The Labute approximate surface area is 79.5 Å². The Bertz CT molecular complexity index is 356. The van der Waals surface area contributed by atoms with Gasteiger partial charge in [-0.15, -0.1) is 0 Å². The molecule has 1 aromatic carbocycles. The molecule has 62 valence electrons. The molecular formula is C7H5Cl2N3. The Morgan fingerprint density at radius 3 is 2.67 bits per heavy atom. The van der Waals surface area contributed by atoms with Crippen LogP contribution in [0.1, 0.15) is 5.56 Å². The van der Waals surface area contributed by atoms with Crippen LogP contribution in [0.5, 0.6) is 0 Å². The van der Waals surface area contributed by atoms with Crippen molar-refractivity contribution in [3.05, 3.63) is 38.2 Å². The van der Waals surface area contributed by atoms with Crippen LogP contribution in [-0.2, 0) is 0 Å². The molecule has 0 atom stereocenters. The number of azide groups is 1. The third-order valence-electron chi connectivity index (χ3n) is 1.40. The number of aryl methyl sites for hydroxylation is 1. The molecule has 0 amide bonds. The summed E-state index contributed by atoms with van der Waals surface area (Å²) in [6, 6.07) is 3.41.